The smallest absolute Gasteiger partial charge is 0.225 e. The molecule has 0 atom stereocenters. The summed E-state index contributed by atoms with van der Waals surface area (Å²) in [5.41, 5.74) is 1.86. The van der Waals surface area contributed by atoms with E-state index in [0.717, 1.165) is 16.3 Å². The van der Waals surface area contributed by atoms with Crippen LogP contribution in [0.25, 0.3) is 0 Å². The average molecular weight is 289 g/mol. The topological polar surface area (TPSA) is 41.1 Å². The summed E-state index contributed by atoms with van der Waals surface area (Å²) in [7, 11) is 0. The number of carbonyl (C=O) groups excluding carboxylic acids is 1. The quantitative estimate of drug-likeness (QED) is 0.799. The van der Waals surface area contributed by atoms with E-state index >= 15 is 0 Å². The van der Waals surface area contributed by atoms with Gasteiger partial charge in [0.25, 0.3) is 0 Å². The van der Waals surface area contributed by atoms with Gasteiger partial charge in [-0.15, -0.1) is 0 Å². The Kier molecular flexibility index (Phi) is 5.59. The highest BCUT2D eigenvalue weighted by Crippen LogP contribution is 2.14. The highest BCUT2D eigenvalue weighted by atomic mass is 35.5. The number of benzene rings is 2. The molecule has 0 aliphatic carbocycles. The summed E-state index contributed by atoms with van der Waals surface area (Å²) in [6.07, 6.45) is 0.430. The predicted molar refractivity (Wildman–Crippen MR) is 82.8 cm³/mol. The van der Waals surface area contributed by atoms with Gasteiger partial charge in [0.05, 0.1) is 0 Å². The Morgan fingerprint density at radius 2 is 1.70 bits per heavy atom. The van der Waals surface area contributed by atoms with E-state index in [0.29, 0.717) is 19.5 Å². The summed E-state index contributed by atoms with van der Waals surface area (Å²) in [6, 6.07) is 17.1. The van der Waals surface area contributed by atoms with Crippen molar-refractivity contribution in [1.82, 2.24) is 5.32 Å². The number of hydrogen-bond acceptors (Lipinski definition) is 2. The maximum atomic E-state index is 11.7. The van der Waals surface area contributed by atoms with Gasteiger partial charge in [0.15, 0.2) is 0 Å². The number of para-hydroxylation sites is 1. The molecule has 3 nitrogen and oxygen atoms in total. The third-order valence-electron chi connectivity index (χ3n) is 2.86. The molecule has 0 bridgehead atoms. The maximum Gasteiger partial charge on any atom is 0.225 e. The van der Waals surface area contributed by atoms with Gasteiger partial charge in [-0.3, -0.25) is 4.79 Å². The van der Waals surface area contributed by atoms with Gasteiger partial charge in [-0.2, -0.15) is 0 Å². The van der Waals surface area contributed by atoms with Crippen LogP contribution in [0.15, 0.2) is 54.6 Å². The lowest BCUT2D eigenvalue weighted by Gasteiger charge is -2.07. The van der Waals surface area contributed by atoms with E-state index < -0.39 is 0 Å². The summed E-state index contributed by atoms with van der Waals surface area (Å²) >= 11 is 6.05. The first-order valence-electron chi connectivity index (χ1n) is 6.55. The fourth-order valence-electron chi connectivity index (χ4n) is 1.81. The van der Waals surface area contributed by atoms with Gasteiger partial charge >= 0.3 is 0 Å². The lowest BCUT2D eigenvalue weighted by atomic mass is 10.2. The summed E-state index contributed by atoms with van der Waals surface area (Å²) in [5.74, 6) is 0.00265. The second-order valence-electron chi connectivity index (χ2n) is 4.43. The second-order valence-corrected chi connectivity index (χ2v) is 4.84. The van der Waals surface area contributed by atoms with E-state index in [1.807, 2.05) is 54.6 Å². The van der Waals surface area contributed by atoms with Crippen molar-refractivity contribution in [1.29, 1.82) is 0 Å². The summed E-state index contributed by atoms with van der Waals surface area (Å²) in [6.45, 7) is 1.28. The van der Waals surface area contributed by atoms with Crippen LogP contribution in [0.5, 0.6) is 0 Å². The lowest BCUT2D eigenvalue weighted by molar-refractivity contribution is -0.116. The van der Waals surface area contributed by atoms with E-state index in [2.05, 4.69) is 10.6 Å². The molecule has 0 aliphatic heterocycles. The van der Waals surface area contributed by atoms with Crippen molar-refractivity contribution >= 4 is 23.2 Å². The molecule has 0 saturated carbocycles. The molecule has 0 heterocycles. The first-order chi connectivity index (χ1) is 9.75. The van der Waals surface area contributed by atoms with Gasteiger partial charge < -0.3 is 10.6 Å². The number of anilines is 1. The van der Waals surface area contributed by atoms with Crippen molar-refractivity contribution in [2.75, 3.05) is 11.9 Å². The predicted octanol–water partition coefficient (Wildman–Crippen LogP) is 3.46. The number of rotatable bonds is 6. The van der Waals surface area contributed by atoms with Crippen molar-refractivity contribution in [2.24, 2.45) is 0 Å². The van der Waals surface area contributed by atoms with Crippen LogP contribution < -0.4 is 10.6 Å². The molecular weight excluding hydrogens is 272 g/mol. The van der Waals surface area contributed by atoms with Crippen molar-refractivity contribution in [3.05, 3.63) is 65.2 Å². The molecule has 0 fully saturated rings. The Labute approximate surface area is 124 Å². The molecule has 0 aliphatic rings. The monoisotopic (exact) mass is 288 g/mol. The molecule has 0 spiro atoms. The molecular formula is C16H17ClN2O. The van der Waals surface area contributed by atoms with Crippen molar-refractivity contribution in [3.63, 3.8) is 0 Å². The zero-order valence-corrected chi connectivity index (χ0v) is 11.9. The van der Waals surface area contributed by atoms with Crippen LogP contribution in [0.3, 0.4) is 0 Å². The minimum Gasteiger partial charge on any atom is -0.326 e. The number of amides is 1. The van der Waals surface area contributed by atoms with Crippen molar-refractivity contribution in [3.8, 4) is 0 Å². The molecule has 2 aromatic rings. The number of nitrogens with one attached hydrogen (secondary N) is 2. The van der Waals surface area contributed by atoms with Gasteiger partial charge in [-0.05, 0) is 23.8 Å². The van der Waals surface area contributed by atoms with Gasteiger partial charge in [0, 0.05) is 30.2 Å². The van der Waals surface area contributed by atoms with E-state index in [9.17, 15) is 4.79 Å². The third kappa shape index (κ3) is 4.68. The van der Waals surface area contributed by atoms with Crippen molar-refractivity contribution < 1.29 is 4.79 Å². The molecule has 0 radical (unpaired) electrons. The first-order valence-corrected chi connectivity index (χ1v) is 6.92. The summed E-state index contributed by atoms with van der Waals surface area (Å²) in [5, 5.41) is 6.81. The van der Waals surface area contributed by atoms with Crippen LogP contribution in [0.2, 0.25) is 5.02 Å². The van der Waals surface area contributed by atoms with Crippen LogP contribution in [-0.2, 0) is 11.3 Å². The lowest BCUT2D eigenvalue weighted by Crippen LogP contribution is -2.21. The highest BCUT2D eigenvalue weighted by Gasteiger charge is 2.02. The number of halogens is 1. The second kappa shape index (κ2) is 7.68. The molecule has 4 heteroatoms. The van der Waals surface area contributed by atoms with Gasteiger partial charge in [-0.1, -0.05) is 48.0 Å². The van der Waals surface area contributed by atoms with Crippen molar-refractivity contribution in [2.45, 2.75) is 13.0 Å². The zero-order chi connectivity index (χ0) is 14.2. The van der Waals surface area contributed by atoms with Crippen LogP contribution >= 0.6 is 11.6 Å². The molecule has 0 unspecified atom stereocenters. The zero-order valence-electron chi connectivity index (χ0n) is 11.1. The summed E-state index contributed by atoms with van der Waals surface area (Å²) < 4.78 is 0. The molecule has 2 aromatic carbocycles. The van der Waals surface area contributed by atoms with Crippen LogP contribution in [-0.4, -0.2) is 12.5 Å². The van der Waals surface area contributed by atoms with Gasteiger partial charge in [0.2, 0.25) is 5.91 Å². The third-order valence-corrected chi connectivity index (χ3v) is 3.23. The highest BCUT2D eigenvalue weighted by molar-refractivity contribution is 6.31. The Balaban J connectivity index is 1.69. The average Bonchev–Trinajstić information content (AvgIpc) is 2.46. The van der Waals surface area contributed by atoms with Gasteiger partial charge in [-0.25, -0.2) is 0 Å². The number of hydrogen-bond donors (Lipinski definition) is 2. The van der Waals surface area contributed by atoms with Crippen LogP contribution in [0, 0.1) is 0 Å². The maximum absolute atomic E-state index is 11.7. The fourth-order valence-corrected chi connectivity index (χ4v) is 2.01. The Morgan fingerprint density at radius 3 is 2.45 bits per heavy atom. The Bertz CT molecular complexity index is 557. The molecule has 20 heavy (non-hydrogen) atoms. The van der Waals surface area contributed by atoms with Crippen LogP contribution in [0.1, 0.15) is 12.0 Å². The van der Waals surface area contributed by atoms with E-state index in [1.54, 1.807) is 0 Å². The van der Waals surface area contributed by atoms with Gasteiger partial charge in [0.1, 0.15) is 0 Å². The Hall–Kier alpha value is -1.84. The molecule has 0 saturated heterocycles. The SMILES string of the molecule is O=C(CCNCc1ccccc1Cl)Nc1ccccc1. The number of carbonyl (C=O) groups is 1. The molecule has 2 rings (SSSR count). The molecule has 104 valence electrons. The Morgan fingerprint density at radius 1 is 1.00 bits per heavy atom. The fraction of sp³-hybridized carbons (Fsp3) is 0.188. The van der Waals surface area contributed by atoms with E-state index in [1.165, 1.54) is 0 Å². The largest absolute Gasteiger partial charge is 0.326 e. The summed E-state index contributed by atoms with van der Waals surface area (Å²) in [4.78, 5) is 11.7. The normalized spacial score (nSPS) is 10.2. The molecule has 2 N–H and O–H groups in total. The van der Waals surface area contributed by atoms with Crippen LogP contribution in [0.4, 0.5) is 5.69 Å². The van der Waals surface area contributed by atoms with E-state index in [-0.39, 0.29) is 5.91 Å². The van der Waals surface area contributed by atoms with E-state index in [4.69, 9.17) is 11.6 Å². The standard InChI is InChI=1S/C16H17ClN2O/c17-15-9-5-4-6-13(15)12-18-11-10-16(20)19-14-7-2-1-3-8-14/h1-9,18H,10-12H2,(H,19,20). The molecule has 0 aromatic heterocycles. The minimum atomic E-state index is 0.00265. The first kappa shape index (κ1) is 14.6. The molecule has 1 amide bonds. The minimum absolute atomic E-state index is 0.00265.